The molecular weight excluding hydrogens is 296 g/mol. The molecule has 5 nitrogen and oxygen atoms in total. The fraction of sp³-hybridized carbons (Fsp3) is 1.00. The van der Waals surface area contributed by atoms with E-state index in [0.29, 0.717) is 0 Å². The van der Waals surface area contributed by atoms with Crippen LogP contribution < -0.4 is 6.15 Å². The van der Waals surface area contributed by atoms with E-state index in [1.165, 1.54) is 0 Å². The van der Waals surface area contributed by atoms with Crippen LogP contribution >= 0.6 is 17.7 Å². The molecule has 5 N–H and O–H groups in total. The van der Waals surface area contributed by atoms with Crippen LogP contribution in [0.5, 0.6) is 0 Å². The van der Waals surface area contributed by atoms with Crippen molar-refractivity contribution < 1.29 is 18.9 Å². The summed E-state index contributed by atoms with van der Waals surface area (Å²) in [6.07, 6.45) is 8.14. The van der Waals surface area contributed by atoms with Gasteiger partial charge < -0.3 is 15.9 Å². The van der Waals surface area contributed by atoms with Gasteiger partial charge in [0.15, 0.2) is 0 Å². The summed E-state index contributed by atoms with van der Waals surface area (Å²) in [5.74, 6) is 0. The van der Waals surface area contributed by atoms with Crippen molar-refractivity contribution in [1.82, 2.24) is 6.15 Å². The Labute approximate surface area is 127 Å². The molecule has 0 rings (SSSR count). The topological polar surface area (TPSA) is 102 Å². The molecule has 0 aliphatic heterocycles. The summed E-state index contributed by atoms with van der Waals surface area (Å²) >= 11 is 0. The summed E-state index contributed by atoms with van der Waals surface area (Å²) in [4.78, 5) is 18.3. The van der Waals surface area contributed by atoms with Gasteiger partial charge in [-0.1, -0.05) is 59.3 Å². The highest BCUT2D eigenvalue weighted by atomic mass is 31.2. The Kier molecular flexibility index (Phi) is 16.8. The molecule has 0 saturated carbocycles. The third-order valence-electron chi connectivity index (χ3n) is 3.27. The molecule has 0 aromatic heterocycles. The van der Waals surface area contributed by atoms with Gasteiger partial charge in [0.05, 0.1) is 5.60 Å². The maximum Gasteiger partial charge on any atom is 0.470 e. The van der Waals surface area contributed by atoms with Crippen molar-refractivity contribution in [2.75, 3.05) is 0 Å². The van der Waals surface area contributed by atoms with Gasteiger partial charge in [0.25, 0.3) is 0 Å². The molecule has 126 valence electrons. The molecule has 1 atom stereocenters. The lowest BCUT2D eigenvalue weighted by atomic mass is 9.86. The first kappa shape index (κ1) is 25.5. The number of hydrogen-bond acceptors (Lipinski definition) is 3. The van der Waals surface area contributed by atoms with E-state index in [0.717, 1.165) is 57.8 Å². The van der Waals surface area contributed by atoms with Crippen LogP contribution in [0.1, 0.15) is 78.6 Å². The van der Waals surface area contributed by atoms with Gasteiger partial charge in [0.2, 0.25) is 0 Å². The molecule has 0 saturated heterocycles. The average Bonchev–Trinajstić information content (AvgIpc) is 2.29. The van der Waals surface area contributed by atoms with E-state index in [1.54, 1.807) is 0 Å². The number of phosphoric ester groups is 1. The highest BCUT2D eigenvalue weighted by Crippen LogP contribution is 2.47. The molecule has 7 heteroatoms. The summed E-state index contributed by atoms with van der Waals surface area (Å²) in [6.45, 7) is 6.26. The Hall–Kier alpha value is 0.500. The molecule has 0 heterocycles. The van der Waals surface area contributed by atoms with Crippen molar-refractivity contribution in [3.8, 4) is 0 Å². The van der Waals surface area contributed by atoms with E-state index in [2.05, 4.69) is 20.8 Å². The molecule has 0 aliphatic carbocycles. The summed E-state index contributed by atoms with van der Waals surface area (Å²) in [6, 6.07) is 0. The molecule has 0 bridgehead atoms. The van der Waals surface area contributed by atoms with Crippen LogP contribution in [0.3, 0.4) is 0 Å². The Bertz CT molecular complexity index is 237. The van der Waals surface area contributed by atoms with Crippen LogP contribution in [0.25, 0.3) is 0 Å². The lowest BCUT2D eigenvalue weighted by Crippen LogP contribution is -2.31. The maximum atomic E-state index is 11.2. The second-order valence-corrected chi connectivity index (χ2v) is 6.24. The first-order chi connectivity index (χ1) is 8.39. The molecule has 0 amide bonds. The summed E-state index contributed by atoms with van der Waals surface area (Å²) in [7, 11) is -4.41. The van der Waals surface area contributed by atoms with Gasteiger partial charge in [0.1, 0.15) is 0 Å². The molecular formula is C13H35NO4P2. The van der Waals surface area contributed by atoms with Gasteiger partial charge >= 0.3 is 7.82 Å². The summed E-state index contributed by atoms with van der Waals surface area (Å²) in [5.41, 5.74) is -0.624. The van der Waals surface area contributed by atoms with E-state index < -0.39 is 13.4 Å². The van der Waals surface area contributed by atoms with Gasteiger partial charge in [-0.25, -0.2) is 4.57 Å². The Morgan fingerprint density at radius 2 is 1.20 bits per heavy atom. The van der Waals surface area contributed by atoms with Gasteiger partial charge in [-0.15, -0.1) is 0 Å². The van der Waals surface area contributed by atoms with Gasteiger partial charge in [-0.3, -0.25) is 4.52 Å². The van der Waals surface area contributed by atoms with Crippen LogP contribution in [0.15, 0.2) is 0 Å². The maximum absolute atomic E-state index is 11.2. The summed E-state index contributed by atoms with van der Waals surface area (Å²) < 4.78 is 16.4. The van der Waals surface area contributed by atoms with E-state index in [1.807, 2.05) is 0 Å². The van der Waals surface area contributed by atoms with Crippen LogP contribution in [0.4, 0.5) is 0 Å². The first-order valence-corrected chi connectivity index (χ1v) is 8.68. The Morgan fingerprint density at radius 1 is 0.900 bits per heavy atom. The highest BCUT2D eigenvalue weighted by molar-refractivity contribution is 7.46. The van der Waals surface area contributed by atoms with E-state index >= 15 is 0 Å². The Balaban J connectivity index is -0.00000144. The molecule has 0 aromatic rings. The minimum Gasteiger partial charge on any atom is -0.344 e. The fourth-order valence-electron chi connectivity index (χ4n) is 2.26. The van der Waals surface area contributed by atoms with Crippen molar-refractivity contribution in [3.63, 3.8) is 0 Å². The molecule has 0 spiro atoms. The zero-order valence-corrected chi connectivity index (χ0v) is 15.7. The van der Waals surface area contributed by atoms with Crippen molar-refractivity contribution in [2.24, 2.45) is 0 Å². The smallest absolute Gasteiger partial charge is 0.344 e. The highest BCUT2D eigenvalue weighted by Gasteiger charge is 2.36. The summed E-state index contributed by atoms with van der Waals surface area (Å²) in [5, 5.41) is 0. The molecule has 0 fully saturated rings. The largest absolute Gasteiger partial charge is 0.470 e. The zero-order valence-electron chi connectivity index (χ0n) is 13.4. The molecule has 1 unspecified atom stereocenters. The van der Waals surface area contributed by atoms with E-state index in [9.17, 15) is 4.57 Å². The van der Waals surface area contributed by atoms with Gasteiger partial charge in [-0.2, -0.15) is 9.90 Å². The molecule has 0 aliphatic rings. The second kappa shape index (κ2) is 13.2. The predicted molar refractivity (Wildman–Crippen MR) is 90.6 cm³/mol. The number of hydrogen-bond donors (Lipinski definition) is 3. The fourth-order valence-corrected chi connectivity index (χ4v) is 3.04. The van der Waals surface area contributed by atoms with Crippen molar-refractivity contribution >= 4 is 17.7 Å². The lowest BCUT2D eigenvalue weighted by molar-refractivity contribution is 0.00640. The third kappa shape index (κ3) is 12.3. The quantitative estimate of drug-likeness (QED) is 0.479. The van der Waals surface area contributed by atoms with E-state index in [4.69, 9.17) is 14.3 Å². The lowest BCUT2D eigenvalue weighted by Gasteiger charge is -2.34. The number of rotatable bonds is 11. The predicted octanol–water partition coefficient (Wildman–Crippen LogP) is 4.63. The number of unbranched alkanes of at least 4 members (excludes halogenated alkanes) is 3. The SMILES string of the molecule is CCCCC(CCCC)(CCCC)OP(=O)(O)O.N.P. The standard InChI is InChI=1S/C13H29O4P.H3N.H3P/c1-4-7-10-13(11-8-5-2,12-9-6-3)17-18(14,15)16;;/h4-12H2,1-3H3,(H2,14,15,16);2*1H3. The van der Waals surface area contributed by atoms with Crippen LogP contribution in [-0.2, 0) is 9.09 Å². The first-order valence-electron chi connectivity index (χ1n) is 7.15. The molecule has 0 aromatic carbocycles. The third-order valence-corrected chi connectivity index (χ3v) is 3.90. The number of phosphoric acid groups is 1. The zero-order chi connectivity index (χ0) is 14.1. The van der Waals surface area contributed by atoms with Crippen molar-refractivity contribution in [3.05, 3.63) is 0 Å². The van der Waals surface area contributed by atoms with Crippen LogP contribution in [0, 0.1) is 0 Å². The van der Waals surface area contributed by atoms with Crippen LogP contribution in [0.2, 0.25) is 0 Å². The van der Waals surface area contributed by atoms with Gasteiger partial charge in [-0.05, 0) is 19.3 Å². The Morgan fingerprint density at radius 3 is 1.40 bits per heavy atom. The van der Waals surface area contributed by atoms with Crippen LogP contribution in [-0.4, -0.2) is 15.4 Å². The van der Waals surface area contributed by atoms with Gasteiger partial charge in [0, 0.05) is 0 Å². The average molecular weight is 331 g/mol. The second-order valence-electron chi connectivity index (χ2n) is 5.08. The monoisotopic (exact) mass is 331 g/mol. The molecule has 20 heavy (non-hydrogen) atoms. The van der Waals surface area contributed by atoms with Crippen molar-refractivity contribution in [2.45, 2.75) is 84.2 Å². The van der Waals surface area contributed by atoms with E-state index in [-0.39, 0.29) is 16.0 Å². The molecule has 0 radical (unpaired) electrons. The normalized spacial score (nSPS) is 11.7. The minimum atomic E-state index is -4.41. The minimum absolute atomic E-state index is 0. The van der Waals surface area contributed by atoms with Crippen molar-refractivity contribution in [1.29, 1.82) is 0 Å².